The molecule has 1 saturated heterocycles. The van der Waals surface area contributed by atoms with Crippen molar-refractivity contribution < 1.29 is 9.53 Å². The summed E-state index contributed by atoms with van der Waals surface area (Å²) < 4.78 is 5.81. The van der Waals surface area contributed by atoms with Crippen LogP contribution in [0.3, 0.4) is 0 Å². The van der Waals surface area contributed by atoms with E-state index in [1.54, 1.807) is 0 Å². The van der Waals surface area contributed by atoms with E-state index < -0.39 is 0 Å². The van der Waals surface area contributed by atoms with Crippen molar-refractivity contribution in [2.45, 2.75) is 32.8 Å². The molecular weight excluding hydrogens is 324 g/mol. The average molecular weight is 352 g/mol. The molecule has 2 N–H and O–H groups in total. The minimum absolute atomic E-state index is 0.160. The van der Waals surface area contributed by atoms with Gasteiger partial charge >= 0.3 is 0 Å². The number of carbonyl (C=O) groups excluding carboxylic acids is 1. The number of rotatable bonds is 7. The van der Waals surface area contributed by atoms with Crippen LogP contribution in [0.25, 0.3) is 0 Å². The van der Waals surface area contributed by atoms with Crippen molar-refractivity contribution in [1.82, 2.24) is 10.6 Å². The molecule has 0 radical (unpaired) electrons. The summed E-state index contributed by atoms with van der Waals surface area (Å²) in [7, 11) is 0. The van der Waals surface area contributed by atoms with Crippen molar-refractivity contribution in [2.24, 2.45) is 5.41 Å². The molecule has 0 saturated carbocycles. The molecule has 4 heteroatoms. The lowest BCUT2D eigenvalue weighted by atomic mass is 9.82. The van der Waals surface area contributed by atoms with Crippen LogP contribution < -0.4 is 15.4 Å². The van der Waals surface area contributed by atoms with E-state index in [1.807, 2.05) is 37.3 Å². The first-order valence-electron chi connectivity index (χ1n) is 9.40. The molecule has 26 heavy (non-hydrogen) atoms. The molecule has 1 amide bonds. The van der Waals surface area contributed by atoms with Crippen LogP contribution in [-0.4, -0.2) is 25.5 Å². The summed E-state index contributed by atoms with van der Waals surface area (Å²) >= 11 is 0. The van der Waals surface area contributed by atoms with Crippen LogP contribution in [0.5, 0.6) is 5.75 Å². The van der Waals surface area contributed by atoms with Gasteiger partial charge in [0.1, 0.15) is 12.4 Å². The molecular formula is C22H28N2O2. The van der Waals surface area contributed by atoms with Crippen molar-refractivity contribution in [3.05, 3.63) is 65.7 Å². The summed E-state index contributed by atoms with van der Waals surface area (Å²) in [6.45, 7) is 5.07. The van der Waals surface area contributed by atoms with Gasteiger partial charge in [-0.05, 0) is 56.0 Å². The smallest absolute Gasteiger partial charge is 0.227 e. The molecule has 138 valence electrons. The largest absolute Gasteiger partial charge is 0.489 e. The molecule has 1 unspecified atom stereocenters. The fourth-order valence-corrected chi connectivity index (χ4v) is 3.28. The standard InChI is InChI=1S/C22H28N2O2/c1-22(13-5-14-23-17-22)21(25)24-15-12-18-8-10-20(11-9-18)26-16-19-6-3-2-4-7-19/h2-4,6-11,23H,5,12-17H2,1H3,(H,24,25). The first-order chi connectivity index (χ1) is 12.7. The molecule has 1 aliphatic heterocycles. The monoisotopic (exact) mass is 352 g/mol. The molecule has 3 rings (SSSR count). The Bertz CT molecular complexity index is 692. The Labute approximate surface area is 156 Å². The molecule has 0 aliphatic carbocycles. The third-order valence-electron chi connectivity index (χ3n) is 5.02. The van der Waals surface area contributed by atoms with Crippen LogP contribution in [0, 0.1) is 5.41 Å². The summed E-state index contributed by atoms with van der Waals surface area (Å²) in [6.07, 6.45) is 2.85. The SMILES string of the molecule is CC1(C(=O)NCCc2ccc(OCc3ccccc3)cc2)CCCNC1. The zero-order valence-corrected chi connectivity index (χ0v) is 15.5. The van der Waals surface area contributed by atoms with E-state index in [2.05, 4.69) is 34.9 Å². The third kappa shape index (κ3) is 5.09. The molecule has 2 aromatic rings. The highest BCUT2D eigenvalue weighted by atomic mass is 16.5. The van der Waals surface area contributed by atoms with E-state index in [9.17, 15) is 4.79 Å². The molecule has 1 aliphatic rings. The Morgan fingerprint density at radius 3 is 2.58 bits per heavy atom. The normalized spacial score (nSPS) is 19.7. The maximum absolute atomic E-state index is 12.4. The van der Waals surface area contributed by atoms with Crippen molar-refractivity contribution >= 4 is 5.91 Å². The first-order valence-corrected chi connectivity index (χ1v) is 9.40. The van der Waals surface area contributed by atoms with Gasteiger partial charge in [-0.15, -0.1) is 0 Å². The van der Waals surface area contributed by atoms with Gasteiger partial charge in [-0.3, -0.25) is 4.79 Å². The Balaban J connectivity index is 1.42. The topological polar surface area (TPSA) is 50.4 Å². The predicted molar refractivity (Wildman–Crippen MR) is 104 cm³/mol. The number of hydrogen-bond acceptors (Lipinski definition) is 3. The van der Waals surface area contributed by atoms with Crippen LogP contribution in [0.1, 0.15) is 30.9 Å². The summed E-state index contributed by atoms with van der Waals surface area (Å²) in [5.74, 6) is 1.02. The van der Waals surface area contributed by atoms with Crippen molar-refractivity contribution in [3.8, 4) is 5.75 Å². The first kappa shape index (κ1) is 18.5. The van der Waals surface area contributed by atoms with E-state index in [1.165, 1.54) is 5.56 Å². The molecule has 1 heterocycles. The molecule has 2 aromatic carbocycles. The maximum atomic E-state index is 12.4. The zero-order valence-electron chi connectivity index (χ0n) is 15.5. The van der Waals surface area contributed by atoms with Gasteiger partial charge in [0.15, 0.2) is 0 Å². The van der Waals surface area contributed by atoms with E-state index in [0.717, 1.165) is 43.7 Å². The number of piperidine rings is 1. The molecule has 0 bridgehead atoms. The lowest BCUT2D eigenvalue weighted by molar-refractivity contribution is -0.131. The number of carbonyl (C=O) groups is 1. The summed E-state index contributed by atoms with van der Waals surface area (Å²) in [6, 6.07) is 18.3. The number of amides is 1. The highest BCUT2D eigenvalue weighted by Crippen LogP contribution is 2.25. The number of ether oxygens (including phenoxy) is 1. The van der Waals surface area contributed by atoms with Crippen molar-refractivity contribution in [3.63, 3.8) is 0 Å². The van der Waals surface area contributed by atoms with Gasteiger partial charge in [-0.25, -0.2) is 0 Å². The Hall–Kier alpha value is -2.33. The van der Waals surface area contributed by atoms with Gasteiger partial charge in [-0.1, -0.05) is 42.5 Å². The second kappa shape index (κ2) is 8.86. The Morgan fingerprint density at radius 2 is 1.88 bits per heavy atom. The van der Waals surface area contributed by atoms with Gasteiger partial charge in [0, 0.05) is 13.1 Å². The van der Waals surface area contributed by atoms with Crippen LogP contribution >= 0.6 is 0 Å². The number of nitrogens with one attached hydrogen (secondary N) is 2. The Kier molecular flexibility index (Phi) is 6.29. The fourth-order valence-electron chi connectivity index (χ4n) is 3.28. The predicted octanol–water partition coefficient (Wildman–Crippen LogP) is 3.31. The van der Waals surface area contributed by atoms with Crippen molar-refractivity contribution in [1.29, 1.82) is 0 Å². The lowest BCUT2D eigenvalue weighted by Gasteiger charge is -2.32. The minimum Gasteiger partial charge on any atom is -0.489 e. The fraction of sp³-hybridized carbons (Fsp3) is 0.409. The van der Waals surface area contributed by atoms with E-state index in [-0.39, 0.29) is 11.3 Å². The van der Waals surface area contributed by atoms with Crippen LogP contribution in [0.4, 0.5) is 0 Å². The van der Waals surface area contributed by atoms with E-state index >= 15 is 0 Å². The molecule has 4 nitrogen and oxygen atoms in total. The summed E-state index contributed by atoms with van der Waals surface area (Å²) in [5, 5.41) is 6.41. The van der Waals surface area contributed by atoms with Gasteiger partial charge in [-0.2, -0.15) is 0 Å². The van der Waals surface area contributed by atoms with Crippen molar-refractivity contribution in [2.75, 3.05) is 19.6 Å². The van der Waals surface area contributed by atoms with E-state index in [4.69, 9.17) is 4.74 Å². The summed E-state index contributed by atoms with van der Waals surface area (Å²) in [4.78, 5) is 12.4. The number of hydrogen-bond donors (Lipinski definition) is 2. The van der Waals surface area contributed by atoms with Gasteiger partial charge in [0.2, 0.25) is 5.91 Å². The molecule has 0 spiro atoms. The highest BCUT2D eigenvalue weighted by molar-refractivity contribution is 5.82. The maximum Gasteiger partial charge on any atom is 0.227 e. The second-order valence-electron chi connectivity index (χ2n) is 7.27. The zero-order chi connectivity index (χ0) is 18.2. The number of benzene rings is 2. The average Bonchev–Trinajstić information content (AvgIpc) is 2.68. The van der Waals surface area contributed by atoms with Crippen LogP contribution in [0.2, 0.25) is 0 Å². The van der Waals surface area contributed by atoms with Crippen LogP contribution in [0.15, 0.2) is 54.6 Å². The van der Waals surface area contributed by atoms with Gasteiger partial charge < -0.3 is 15.4 Å². The lowest BCUT2D eigenvalue weighted by Crippen LogP contribution is -2.49. The molecule has 1 atom stereocenters. The molecule has 1 fully saturated rings. The highest BCUT2D eigenvalue weighted by Gasteiger charge is 2.34. The quantitative estimate of drug-likeness (QED) is 0.804. The second-order valence-corrected chi connectivity index (χ2v) is 7.27. The van der Waals surface area contributed by atoms with Gasteiger partial charge in [0.05, 0.1) is 5.41 Å². The minimum atomic E-state index is -0.270. The van der Waals surface area contributed by atoms with Crippen LogP contribution in [-0.2, 0) is 17.8 Å². The van der Waals surface area contributed by atoms with Gasteiger partial charge in [0.25, 0.3) is 0 Å². The molecule has 0 aromatic heterocycles. The third-order valence-corrected chi connectivity index (χ3v) is 5.02. The Morgan fingerprint density at radius 1 is 1.12 bits per heavy atom. The summed E-state index contributed by atoms with van der Waals surface area (Å²) in [5.41, 5.74) is 2.09. The van der Waals surface area contributed by atoms with E-state index in [0.29, 0.717) is 13.2 Å².